The van der Waals surface area contributed by atoms with Crippen LogP contribution in [0, 0.1) is 0 Å². The first-order valence-corrected chi connectivity index (χ1v) is 10.6. The van der Waals surface area contributed by atoms with Gasteiger partial charge >= 0.3 is 17.8 Å². The fraction of sp³-hybridized carbons (Fsp3) is 0.333. The molecule has 1 aliphatic heterocycles. The fourth-order valence-electron chi connectivity index (χ4n) is 4.14. The first kappa shape index (κ1) is 21.5. The highest BCUT2D eigenvalue weighted by Gasteiger charge is 2.46. The molecule has 166 valence electrons. The van der Waals surface area contributed by atoms with E-state index in [1.807, 2.05) is 13.0 Å². The Bertz CT molecular complexity index is 1080. The van der Waals surface area contributed by atoms with E-state index in [9.17, 15) is 19.2 Å². The van der Waals surface area contributed by atoms with Crippen LogP contribution < -0.4 is 15.0 Å². The van der Waals surface area contributed by atoms with E-state index >= 15 is 0 Å². The fourth-order valence-corrected chi connectivity index (χ4v) is 4.14. The molecule has 0 radical (unpaired) electrons. The third kappa shape index (κ3) is 4.08. The van der Waals surface area contributed by atoms with Crippen molar-refractivity contribution in [3.63, 3.8) is 0 Å². The van der Waals surface area contributed by atoms with Crippen LogP contribution in [-0.2, 0) is 27.2 Å². The lowest BCUT2D eigenvalue weighted by Crippen LogP contribution is -2.42. The zero-order valence-electron chi connectivity index (χ0n) is 18.1. The average Bonchev–Trinajstić information content (AvgIpc) is 3.01. The van der Waals surface area contributed by atoms with Crippen molar-refractivity contribution in [1.29, 1.82) is 0 Å². The molecule has 1 N–H and O–H groups in total. The number of nitrogens with zero attached hydrogens (tertiary/aromatic N) is 2. The van der Waals surface area contributed by atoms with Gasteiger partial charge in [0.15, 0.2) is 0 Å². The molecule has 2 aliphatic rings. The van der Waals surface area contributed by atoms with Crippen LogP contribution in [0.2, 0.25) is 0 Å². The van der Waals surface area contributed by atoms with E-state index in [2.05, 4.69) is 17.4 Å². The summed E-state index contributed by atoms with van der Waals surface area (Å²) in [5.74, 6) is -1.98. The van der Waals surface area contributed by atoms with Gasteiger partial charge in [-0.2, -0.15) is 0 Å². The Morgan fingerprint density at radius 2 is 1.69 bits per heavy atom. The highest BCUT2D eigenvalue weighted by Crippen LogP contribution is 2.26. The number of fused-ring (bicyclic) bond motifs is 1. The van der Waals surface area contributed by atoms with Gasteiger partial charge in [-0.3, -0.25) is 14.4 Å². The number of imide groups is 2. The highest BCUT2D eigenvalue weighted by atomic mass is 16.5. The molecule has 32 heavy (non-hydrogen) atoms. The topological polar surface area (TPSA) is 96.0 Å². The summed E-state index contributed by atoms with van der Waals surface area (Å²) in [6.45, 7) is 1.33. The van der Waals surface area contributed by atoms with E-state index in [1.165, 1.54) is 36.8 Å². The SMILES string of the molecule is COc1ccc(N2C(=O)C(=O)N(CC(=O)N[C@H](C)c3ccc4c(c3)CCCC4)C2=O)cc1. The van der Waals surface area contributed by atoms with Gasteiger partial charge < -0.3 is 10.1 Å². The van der Waals surface area contributed by atoms with Crippen LogP contribution >= 0.6 is 0 Å². The number of carbonyl (C=O) groups is 4. The molecule has 1 fully saturated rings. The maximum absolute atomic E-state index is 12.7. The minimum absolute atomic E-state index is 0.236. The number of aryl methyl sites for hydroxylation is 2. The van der Waals surface area contributed by atoms with Crippen molar-refractivity contribution in [3.8, 4) is 5.75 Å². The maximum atomic E-state index is 12.7. The van der Waals surface area contributed by atoms with Crippen LogP contribution in [-0.4, -0.2) is 42.3 Å². The van der Waals surface area contributed by atoms with Gasteiger partial charge in [-0.15, -0.1) is 0 Å². The van der Waals surface area contributed by atoms with Crippen LogP contribution in [0.4, 0.5) is 10.5 Å². The smallest absolute Gasteiger partial charge is 0.339 e. The molecule has 0 unspecified atom stereocenters. The number of hydrogen-bond donors (Lipinski definition) is 1. The summed E-state index contributed by atoms with van der Waals surface area (Å²) < 4.78 is 5.07. The molecule has 0 saturated carbocycles. The van der Waals surface area contributed by atoms with E-state index < -0.39 is 30.3 Å². The summed E-state index contributed by atoms with van der Waals surface area (Å²) in [6, 6.07) is 11.2. The summed E-state index contributed by atoms with van der Waals surface area (Å²) in [4.78, 5) is 51.5. The van der Waals surface area contributed by atoms with Gasteiger partial charge in [0.2, 0.25) is 5.91 Å². The molecule has 2 aromatic rings. The lowest BCUT2D eigenvalue weighted by molar-refractivity contribution is -0.140. The second-order valence-corrected chi connectivity index (χ2v) is 8.04. The van der Waals surface area contributed by atoms with Crippen LogP contribution in [0.3, 0.4) is 0 Å². The predicted molar refractivity (Wildman–Crippen MR) is 117 cm³/mol. The molecule has 0 aromatic heterocycles. The van der Waals surface area contributed by atoms with E-state index in [0.29, 0.717) is 10.6 Å². The molecule has 4 rings (SSSR count). The molecule has 2 aromatic carbocycles. The first-order valence-electron chi connectivity index (χ1n) is 10.6. The Morgan fingerprint density at radius 3 is 2.38 bits per heavy atom. The second-order valence-electron chi connectivity index (χ2n) is 8.04. The normalized spacial score (nSPS) is 16.8. The predicted octanol–water partition coefficient (Wildman–Crippen LogP) is 2.75. The number of hydrogen-bond acceptors (Lipinski definition) is 5. The minimum atomic E-state index is -1.03. The Kier molecular flexibility index (Phi) is 5.94. The van der Waals surface area contributed by atoms with Gasteiger partial charge in [-0.05, 0) is 73.6 Å². The largest absolute Gasteiger partial charge is 0.497 e. The van der Waals surface area contributed by atoms with Crippen LogP contribution in [0.1, 0.15) is 42.5 Å². The first-order chi connectivity index (χ1) is 15.4. The van der Waals surface area contributed by atoms with Crippen molar-refractivity contribution in [1.82, 2.24) is 10.2 Å². The Balaban J connectivity index is 1.42. The summed E-state index contributed by atoms with van der Waals surface area (Å²) in [6.07, 6.45) is 4.47. The van der Waals surface area contributed by atoms with E-state index in [-0.39, 0.29) is 11.7 Å². The van der Waals surface area contributed by atoms with Gasteiger partial charge in [0.05, 0.1) is 18.8 Å². The molecule has 0 bridgehead atoms. The van der Waals surface area contributed by atoms with E-state index in [0.717, 1.165) is 29.7 Å². The number of ether oxygens (including phenoxy) is 1. The lowest BCUT2D eigenvalue weighted by atomic mass is 9.89. The van der Waals surface area contributed by atoms with Crippen molar-refractivity contribution in [2.24, 2.45) is 0 Å². The zero-order valence-corrected chi connectivity index (χ0v) is 18.1. The van der Waals surface area contributed by atoms with Crippen LogP contribution in [0.5, 0.6) is 5.75 Å². The average molecular weight is 435 g/mol. The molecule has 1 saturated heterocycles. The number of urea groups is 1. The number of benzene rings is 2. The van der Waals surface area contributed by atoms with Gasteiger partial charge in [-0.25, -0.2) is 14.6 Å². The van der Waals surface area contributed by atoms with Crippen molar-refractivity contribution in [2.75, 3.05) is 18.6 Å². The number of rotatable bonds is 6. The van der Waals surface area contributed by atoms with E-state index in [1.54, 1.807) is 12.1 Å². The van der Waals surface area contributed by atoms with Crippen LogP contribution in [0.25, 0.3) is 0 Å². The quantitative estimate of drug-likeness (QED) is 0.556. The molecule has 0 spiro atoms. The highest BCUT2D eigenvalue weighted by molar-refractivity contribution is 6.53. The summed E-state index contributed by atoms with van der Waals surface area (Å²) in [5.41, 5.74) is 3.86. The summed E-state index contributed by atoms with van der Waals surface area (Å²) in [5, 5.41) is 2.82. The monoisotopic (exact) mass is 435 g/mol. The van der Waals surface area contributed by atoms with Crippen molar-refractivity contribution < 1.29 is 23.9 Å². The standard InChI is InChI=1S/C24H25N3O5/c1-15(17-8-7-16-5-3-4-6-18(16)13-17)25-21(28)14-26-22(29)23(30)27(24(26)31)19-9-11-20(32-2)12-10-19/h7-13,15H,3-6,14H2,1-2H3,(H,25,28)/t15-/m1/s1. The Labute approximate surface area is 186 Å². The minimum Gasteiger partial charge on any atom is -0.497 e. The Hall–Kier alpha value is -3.68. The third-order valence-corrected chi connectivity index (χ3v) is 5.94. The summed E-state index contributed by atoms with van der Waals surface area (Å²) in [7, 11) is 1.50. The number of anilines is 1. The van der Waals surface area contributed by atoms with E-state index in [4.69, 9.17) is 4.74 Å². The molecular weight excluding hydrogens is 410 g/mol. The number of amides is 5. The number of methoxy groups -OCH3 is 1. The Morgan fingerprint density at radius 1 is 1.00 bits per heavy atom. The van der Waals surface area contributed by atoms with Gasteiger partial charge in [0.1, 0.15) is 12.3 Å². The molecule has 8 heteroatoms. The number of carbonyl (C=O) groups excluding carboxylic acids is 4. The van der Waals surface area contributed by atoms with Gasteiger partial charge in [-0.1, -0.05) is 18.2 Å². The van der Waals surface area contributed by atoms with Crippen molar-refractivity contribution >= 4 is 29.4 Å². The molecular formula is C24H25N3O5. The third-order valence-electron chi connectivity index (χ3n) is 5.94. The van der Waals surface area contributed by atoms with Crippen LogP contribution in [0.15, 0.2) is 42.5 Å². The van der Waals surface area contributed by atoms with Crippen molar-refractivity contribution in [2.45, 2.75) is 38.6 Å². The molecule has 5 amide bonds. The second kappa shape index (κ2) is 8.82. The zero-order chi connectivity index (χ0) is 22.8. The molecule has 1 heterocycles. The molecule has 1 aliphatic carbocycles. The van der Waals surface area contributed by atoms with Gasteiger partial charge in [0, 0.05) is 0 Å². The lowest BCUT2D eigenvalue weighted by Gasteiger charge is -2.21. The molecule has 8 nitrogen and oxygen atoms in total. The summed E-state index contributed by atoms with van der Waals surface area (Å²) >= 11 is 0. The number of nitrogens with one attached hydrogen (secondary N) is 1. The molecule has 1 atom stereocenters. The van der Waals surface area contributed by atoms with Gasteiger partial charge in [0.25, 0.3) is 0 Å². The maximum Gasteiger partial charge on any atom is 0.339 e. The van der Waals surface area contributed by atoms with Crippen molar-refractivity contribution in [3.05, 3.63) is 59.2 Å².